The second-order valence-electron chi connectivity index (χ2n) is 2.76. The third-order valence-electron chi connectivity index (χ3n) is 1.78. The minimum absolute atomic E-state index is 0.323. The molecule has 0 heterocycles. The molecule has 0 aliphatic carbocycles. The lowest BCUT2D eigenvalue weighted by molar-refractivity contribution is -0.423. The Bertz CT molecular complexity index is 141. The summed E-state index contributed by atoms with van der Waals surface area (Å²) in [5.41, 5.74) is 3.31. The van der Waals surface area contributed by atoms with Crippen molar-refractivity contribution in [3.8, 4) is 0 Å². The Hall–Kier alpha value is -0.490. The topological polar surface area (TPSA) is 105 Å². The van der Waals surface area contributed by atoms with E-state index in [1.807, 2.05) is 0 Å². The summed E-state index contributed by atoms with van der Waals surface area (Å²) in [7, 11) is 0. The lowest BCUT2D eigenvalue weighted by atomic mass is 10.0. The van der Waals surface area contributed by atoms with Crippen LogP contribution in [0.5, 0.6) is 0 Å². The van der Waals surface area contributed by atoms with Crippen LogP contribution >= 0.6 is 0 Å². The molecule has 0 aromatic carbocycles. The molecule has 0 aliphatic rings. The average molecular weight is 178 g/mol. The highest BCUT2D eigenvalue weighted by Crippen LogP contribution is 2.04. The van der Waals surface area contributed by atoms with Crippen molar-refractivity contribution in [2.75, 3.05) is 0 Å². The van der Waals surface area contributed by atoms with Crippen molar-refractivity contribution >= 4 is 6.29 Å². The van der Waals surface area contributed by atoms with Gasteiger partial charge in [0.05, 0.1) is 6.10 Å². The molecule has 0 spiro atoms. The number of carbonyl (C=O) groups is 1. The fourth-order valence-corrected chi connectivity index (χ4v) is 0.803. The van der Waals surface area contributed by atoms with Crippen LogP contribution in [0.3, 0.4) is 0 Å². The summed E-state index contributed by atoms with van der Waals surface area (Å²) < 4.78 is 0. The van der Waals surface area contributed by atoms with Crippen molar-refractivity contribution in [2.45, 2.75) is 37.7 Å². The van der Waals surface area contributed by atoms with Gasteiger partial charge >= 0.3 is 0 Å². The zero-order chi connectivity index (χ0) is 9.72. The average Bonchev–Trinajstić information content (AvgIpc) is 2.12. The molecule has 0 aliphatic heterocycles. The molecular formula is C7H16NO4+. The summed E-state index contributed by atoms with van der Waals surface area (Å²) in [6, 6.07) is -0.902. The Labute approximate surface area is 70.8 Å². The summed E-state index contributed by atoms with van der Waals surface area (Å²) in [5, 5.41) is 27.5. The van der Waals surface area contributed by atoms with Crippen LogP contribution in [-0.4, -0.2) is 46.0 Å². The molecule has 0 unspecified atom stereocenters. The molecular weight excluding hydrogens is 162 g/mol. The smallest absolute Gasteiger partial charge is 0.179 e. The molecule has 0 saturated carbocycles. The number of aldehydes is 1. The Morgan fingerprint density at radius 1 is 1.33 bits per heavy atom. The summed E-state index contributed by atoms with van der Waals surface area (Å²) >= 11 is 0. The van der Waals surface area contributed by atoms with E-state index in [-0.39, 0.29) is 0 Å². The van der Waals surface area contributed by atoms with Crippen molar-refractivity contribution in [3.05, 3.63) is 0 Å². The largest absolute Gasteiger partial charge is 0.390 e. The Balaban J connectivity index is 4.07. The molecule has 72 valence electrons. The van der Waals surface area contributed by atoms with Crippen LogP contribution in [0.4, 0.5) is 0 Å². The van der Waals surface area contributed by atoms with Crippen LogP contribution < -0.4 is 5.73 Å². The molecule has 12 heavy (non-hydrogen) atoms. The first-order valence-corrected chi connectivity index (χ1v) is 3.87. The van der Waals surface area contributed by atoms with Crippen molar-refractivity contribution in [3.63, 3.8) is 0 Å². The normalized spacial score (nSPS) is 21.1. The van der Waals surface area contributed by atoms with Gasteiger partial charge in [-0.05, 0) is 6.42 Å². The highest BCUT2D eigenvalue weighted by molar-refractivity contribution is 5.56. The van der Waals surface area contributed by atoms with Gasteiger partial charge in [0.25, 0.3) is 0 Å². The van der Waals surface area contributed by atoms with Gasteiger partial charge in [-0.25, -0.2) is 0 Å². The second kappa shape index (κ2) is 5.21. The molecule has 0 saturated heterocycles. The minimum atomic E-state index is -1.30. The van der Waals surface area contributed by atoms with Crippen LogP contribution in [0.1, 0.15) is 13.3 Å². The molecule has 5 heteroatoms. The highest BCUT2D eigenvalue weighted by Gasteiger charge is 2.30. The van der Waals surface area contributed by atoms with Crippen molar-refractivity contribution in [1.82, 2.24) is 0 Å². The lowest BCUT2D eigenvalue weighted by Gasteiger charge is -2.21. The molecule has 6 N–H and O–H groups in total. The molecule has 0 rings (SSSR count). The van der Waals surface area contributed by atoms with E-state index >= 15 is 0 Å². The summed E-state index contributed by atoms with van der Waals surface area (Å²) in [6.07, 6.45) is -2.84. The van der Waals surface area contributed by atoms with E-state index in [0.717, 1.165) is 0 Å². The van der Waals surface area contributed by atoms with E-state index in [0.29, 0.717) is 12.7 Å². The first-order valence-electron chi connectivity index (χ1n) is 3.87. The number of rotatable bonds is 5. The number of aliphatic hydroxyl groups is 3. The molecule has 0 aromatic rings. The molecule has 0 aromatic heterocycles. The maximum Gasteiger partial charge on any atom is 0.179 e. The molecule has 0 bridgehead atoms. The van der Waals surface area contributed by atoms with Gasteiger partial charge in [0, 0.05) is 0 Å². The van der Waals surface area contributed by atoms with Crippen LogP contribution in [0.2, 0.25) is 0 Å². The number of quaternary nitrogens is 1. The van der Waals surface area contributed by atoms with Crippen LogP contribution in [-0.2, 0) is 4.79 Å². The summed E-state index contributed by atoms with van der Waals surface area (Å²) in [5.74, 6) is 0. The first-order chi connectivity index (χ1) is 5.54. The molecule has 0 fully saturated rings. The summed E-state index contributed by atoms with van der Waals surface area (Å²) in [6.45, 7) is 1.67. The number of hydrogen-bond donors (Lipinski definition) is 4. The Morgan fingerprint density at radius 2 is 1.83 bits per heavy atom. The Kier molecular flexibility index (Phi) is 5.00. The third kappa shape index (κ3) is 2.86. The van der Waals surface area contributed by atoms with Crippen LogP contribution in [0.25, 0.3) is 0 Å². The number of aliphatic hydroxyl groups excluding tert-OH is 3. The third-order valence-corrected chi connectivity index (χ3v) is 1.78. The van der Waals surface area contributed by atoms with Gasteiger partial charge < -0.3 is 21.1 Å². The quantitative estimate of drug-likeness (QED) is 0.343. The maximum atomic E-state index is 10.1. The van der Waals surface area contributed by atoms with Crippen LogP contribution in [0, 0.1) is 0 Å². The zero-order valence-electron chi connectivity index (χ0n) is 7.05. The molecule has 4 atom stereocenters. The summed E-state index contributed by atoms with van der Waals surface area (Å²) in [4.78, 5) is 10.1. The van der Waals surface area contributed by atoms with Crippen molar-refractivity contribution < 1.29 is 25.8 Å². The van der Waals surface area contributed by atoms with E-state index in [1.165, 1.54) is 0 Å². The van der Waals surface area contributed by atoms with Gasteiger partial charge in [0.15, 0.2) is 12.3 Å². The van der Waals surface area contributed by atoms with Crippen LogP contribution in [0.15, 0.2) is 0 Å². The number of hydrogen-bond acceptors (Lipinski definition) is 4. The monoisotopic (exact) mass is 178 g/mol. The Morgan fingerprint density at radius 3 is 2.17 bits per heavy atom. The predicted molar refractivity (Wildman–Crippen MR) is 41.1 cm³/mol. The first kappa shape index (κ1) is 11.5. The zero-order valence-corrected chi connectivity index (χ0v) is 7.05. The van der Waals surface area contributed by atoms with Gasteiger partial charge in [0.1, 0.15) is 12.2 Å². The second-order valence-corrected chi connectivity index (χ2v) is 2.76. The van der Waals surface area contributed by atoms with Gasteiger partial charge in [-0.2, -0.15) is 0 Å². The van der Waals surface area contributed by atoms with Crippen molar-refractivity contribution in [1.29, 1.82) is 0 Å². The van der Waals surface area contributed by atoms with E-state index in [9.17, 15) is 15.0 Å². The molecule has 0 radical (unpaired) electrons. The minimum Gasteiger partial charge on any atom is -0.390 e. The van der Waals surface area contributed by atoms with Crippen molar-refractivity contribution in [2.24, 2.45) is 0 Å². The van der Waals surface area contributed by atoms with E-state index in [1.54, 1.807) is 6.92 Å². The lowest BCUT2D eigenvalue weighted by Crippen LogP contribution is -2.70. The van der Waals surface area contributed by atoms with E-state index in [4.69, 9.17) is 5.11 Å². The van der Waals surface area contributed by atoms with E-state index in [2.05, 4.69) is 5.73 Å². The molecule has 5 nitrogen and oxygen atoms in total. The number of carbonyl (C=O) groups excluding carboxylic acids is 1. The fourth-order valence-electron chi connectivity index (χ4n) is 0.803. The predicted octanol–water partition coefficient (Wildman–Crippen LogP) is -2.71. The van der Waals surface area contributed by atoms with E-state index < -0.39 is 24.4 Å². The highest BCUT2D eigenvalue weighted by atomic mass is 16.4. The standard InChI is InChI=1S/C7H15NO4/c1-2-5(10)7(12)6(11)4(8)3-9/h3-7,10-12H,2,8H2,1H3/p+1/t4-,5+,6+,7+/m0/s1. The molecule has 0 amide bonds. The van der Waals surface area contributed by atoms with Gasteiger partial charge in [0.2, 0.25) is 0 Å². The van der Waals surface area contributed by atoms with Gasteiger partial charge in [-0.3, -0.25) is 4.79 Å². The fraction of sp³-hybridized carbons (Fsp3) is 0.857. The SMILES string of the molecule is CC[C@@H](O)[C@@H](O)[C@H](O)[C@@H]([NH3+])C=O. The maximum absolute atomic E-state index is 10.1. The van der Waals surface area contributed by atoms with Gasteiger partial charge in [-0.1, -0.05) is 6.92 Å². The van der Waals surface area contributed by atoms with Gasteiger partial charge in [-0.15, -0.1) is 0 Å².